The molecular formula is C16H16F3NO6. The number of fused-ring (bicyclic) bond motifs is 1. The van der Waals surface area contributed by atoms with Crippen molar-refractivity contribution in [1.82, 2.24) is 4.90 Å². The molecule has 2 aliphatic rings. The zero-order valence-electron chi connectivity index (χ0n) is 13.7. The van der Waals surface area contributed by atoms with Crippen LogP contribution < -0.4 is 14.2 Å². The molecule has 1 amide bonds. The summed E-state index contributed by atoms with van der Waals surface area (Å²) < 4.78 is 55.3. The van der Waals surface area contributed by atoms with Crippen molar-refractivity contribution in [3.05, 3.63) is 17.7 Å². The number of ether oxygens (including phenoxy) is 3. The van der Waals surface area contributed by atoms with Crippen LogP contribution in [0.5, 0.6) is 17.2 Å². The molecule has 0 aromatic heterocycles. The lowest BCUT2D eigenvalue weighted by Crippen LogP contribution is -2.34. The number of alkyl halides is 3. The van der Waals surface area contributed by atoms with Gasteiger partial charge in [0.2, 0.25) is 5.75 Å². The Balaban J connectivity index is 1.89. The number of carbonyl (C=O) groups is 2. The predicted molar refractivity (Wildman–Crippen MR) is 80.6 cm³/mol. The number of benzene rings is 1. The largest absolute Gasteiger partial charge is 0.493 e. The van der Waals surface area contributed by atoms with E-state index >= 15 is 0 Å². The van der Waals surface area contributed by atoms with E-state index in [0.29, 0.717) is 12.4 Å². The molecule has 7 nitrogen and oxygen atoms in total. The Labute approximate surface area is 146 Å². The molecule has 142 valence electrons. The highest BCUT2D eigenvalue weighted by atomic mass is 19.4. The highest BCUT2D eigenvalue weighted by molar-refractivity contribution is 5.96. The van der Waals surface area contributed by atoms with Gasteiger partial charge >= 0.3 is 12.1 Å². The summed E-state index contributed by atoms with van der Waals surface area (Å²) in [7, 11) is 1.36. The van der Waals surface area contributed by atoms with Crippen LogP contribution in [0.25, 0.3) is 0 Å². The van der Waals surface area contributed by atoms with E-state index in [1.165, 1.54) is 19.2 Å². The quantitative estimate of drug-likeness (QED) is 0.867. The topological polar surface area (TPSA) is 85.3 Å². The summed E-state index contributed by atoms with van der Waals surface area (Å²) in [6, 6.07) is 2.70. The third-order valence-electron chi connectivity index (χ3n) is 4.42. The predicted octanol–water partition coefficient (Wildman–Crippen LogP) is 1.80. The number of hydrogen-bond donors (Lipinski definition) is 1. The van der Waals surface area contributed by atoms with E-state index in [9.17, 15) is 22.8 Å². The molecule has 1 saturated heterocycles. The molecule has 1 aromatic carbocycles. The van der Waals surface area contributed by atoms with E-state index in [1.807, 2.05) is 0 Å². The molecule has 0 bridgehead atoms. The summed E-state index contributed by atoms with van der Waals surface area (Å²) in [5.74, 6) is -5.33. The molecule has 26 heavy (non-hydrogen) atoms. The Morgan fingerprint density at radius 2 is 1.92 bits per heavy atom. The normalized spacial score (nSPS) is 22.2. The number of aliphatic carboxylic acids is 1. The van der Waals surface area contributed by atoms with Crippen LogP contribution in [-0.2, 0) is 4.79 Å². The highest BCUT2D eigenvalue weighted by Gasteiger charge is 2.53. The lowest BCUT2D eigenvalue weighted by molar-refractivity contribution is -0.187. The van der Waals surface area contributed by atoms with Gasteiger partial charge < -0.3 is 24.2 Å². The van der Waals surface area contributed by atoms with Crippen LogP contribution in [0, 0.1) is 11.8 Å². The second-order valence-corrected chi connectivity index (χ2v) is 6.01. The van der Waals surface area contributed by atoms with Crippen LogP contribution in [0.3, 0.4) is 0 Å². The van der Waals surface area contributed by atoms with E-state index in [-0.39, 0.29) is 23.7 Å². The fourth-order valence-corrected chi connectivity index (χ4v) is 3.13. The standard InChI is InChI=1S/C16H16F3NO6/c1-24-11-4-8(5-12-13(11)26-3-2-25-12)14(21)20-6-9(15(22)23)10(7-20)16(17,18)19/h4-5,9-10H,2-3,6-7H2,1H3,(H,22,23)/t9-,10-/m1/s1. The molecule has 10 heteroatoms. The van der Waals surface area contributed by atoms with Crippen molar-refractivity contribution >= 4 is 11.9 Å². The second kappa shape index (κ2) is 6.58. The first-order valence-electron chi connectivity index (χ1n) is 7.78. The van der Waals surface area contributed by atoms with Crippen molar-refractivity contribution in [2.75, 3.05) is 33.4 Å². The van der Waals surface area contributed by atoms with Gasteiger partial charge in [0.25, 0.3) is 5.91 Å². The first-order chi connectivity index (χ1) is 12.2. The van der Waals surface area contributed by atoms with Gasteiger partial charge in [0.1, 0.15) is 13.2 Å². The van der Waals surface area contributed by atoms with Crippen LogP contribution in [0.2, 0.25) is 0 Å². The van der Waals surface area contributed by atoms with Crippen molar-refractivity contribution in [3.8, 4) is 17.2 Å². The molecule has 2 heterocycles. The number of halogens is 3. The van der Waals surface area contributed by atoms with Gasteiger partial charge in [-0.15, -0.1) is 0 Å². The SMILES string of the molecule is COc1cc(C(=O)N2C[C@@H](C(F)(F)F)[C@H](C(=O)O)C2)cc2c1OCCO2. The highest BCUT2D eigenvalue weighted by Crippen LogP contribution is 2.42. The number of carboxylic acids is 1. The molecule has 0 saturated carbocycles. The summed E-state index contributed by atoms with van der Waals surface area (Å²) in [5, 5.41) is 9.06. The number of hydrogen-bond acceptors (Lipinski definition) is 5. The number of methoxy groups -OCH3 is 1. The van der Waals surface area contributed by atoms with Crippen LogP contribution >= 0.6 is 0 Å². The number of carbonyl (C=O) groups excluding carboxylic acids is 1. The second-order valence-electron chi connectivity index (χ2n) is 6.01. The number of amides is 1. The van der Waals surface area contributed by atoms with Crippen LogP contribution in [-0.4, -0.2) is 61.5 Å². The minimum absolute atomic E-state index is 0.0399. The maximum absolute atomic E-state index is 13.1. The molecule has 1 fully saturated rings. The Bertz CT molecular complexity index is 718. The van der Waals surface area contributed by atoms with Crippen LogP contribution in [0.15, 0.2) is 12.1 Å². The first-order valence-corrected chi connectivity index (χ1v) is 7.78. The van der Waals surface area contributed by atoms with E-state index in [2.05, 4.69) is 0 Å². The minimum Gasteiger partial charge on any atom is -0.493 e. The van der Waals surface area contributed by atoms with Gasteiger partial charge in [-0.1, -0.05) is 0 Å². The molecule has 0 spiro atoms. The van der Waals surface area contributed by atoms with Crippen molar-refractivity contribution < 1.29 is 42.1 Å². The smallest absolute Gasteiger partial charge is 0.394 e. The zero-order valence-corrected chi connectivity index (χ0v) is 13.7. The van der Waals surface area contributed by atoms with Gasteiger partial charge in [0.05, 0.1) is 18.9 Å². The molecule has 2 aliphatic heterocycles. The van der Waals surface area contributed by atoms with E-state index in [1.54, 1.807) is 0 Å². The average molecular weight is 375 g/mol. The van der Waals surface area contributed by atoms with Gasteiger partial charge in [-0.25, -0.2) is 0 Å². The summed E-state index contributed by atoms with van der Waals surface area (Å²) in [6.07, 6.45) is -4.71. The van der Waals surface area contributed by atoms with Crippen LogP contribution in [0.4, 0.5) is 13.2 Å². The molecule has 0 aliphatic carbocycles. The third-order valence-corrected chi connectivity index (χ3v) is 4.42. The molecule has 0 radical (unpaired) electrons. The van der Waals surface area contributed by atoms with Crippen molar-refractivity contribution in [1.29, 1.82) is 0 Å². The van der Waals surface area contributed by atoms with Gasteiger partial charge in [-0.3, -0.25) is 9.59 Å². The maximum Gasteiger partial charge on any atom is 0.394 e. The van der Waals surface area contributed by atoms with E-state index in [0.717, 1.165) is 4.90 Å². The summed E-state index contributed by atoms with van der Waals surface area (Å²) in [6.45, 7) is -0.670. The molecule has 1 N–H and O–H groups in total. The number of nitrogens with zero attached hydrogens (tertiary/aromatic N) is 1. The number of carboxylic acid groups (broad SMARTS) is 1. The van der Waals surface area contributed by atoms with Crippen LogP contribution in [0.1, 0.15) is 10.4 Å². The van der Waals surface area contributed by atoms with Gasteiger partial charge in [0, 0.05) is 18.7 Å². The summed E-state index contributed by atoms with van der Waals surface area (Å²) >= 11 is 0. The minimum atomic E-state index is -4.71. The Morgan fingerprint density at radius 3 is 2.50 bits per heavy atom. The fourth-order valence-electron chi connectivity index (χ4n) is 3.13. The van der Waals surface area contributed by atoms with Gasteiger partial charge in [-0.2, -0.15) is 13.2 Å². The lowest BCUT2D eigenvalue weighted by atomic mass is 9.96. The van der Waals surface area contributed by atoms with Crippen molar-refractivity contribution in [3.63, 3.8) is 0 Å². The van der Waals surface area contributed by atoms with E-state index in [4.69, 9.17) is 19.3 Å². The van der Waals surface area contributed by atoms with Crippen molar-refractivity contribution in [2.45, 2.75) is 6.18 Å². The Kier molecular flexibility index (Phi) is 4.59. The summed E-state index contributed by atoms with van der Waals surface area (Å²) in [5.41, 5.74) is 0.0399. The summed E-state index contributed by atoms with van der Waals surface area (Å²) in [4.78, 5) is 24.7. The molecule has 0 unspecified atom stereocenters. The monoisotopic (exact) mass is 375 g/mol. The lowest BCUT2D eigenvalue weighted by Gasteiger charge is -2.23. The fraction of sp³-hybridized carbons (Fsp3) is 0.500. The average Bonchev–Trinajstić information content (AvgIpc) is 3.06. The molecule has 3 rings (SSSR count). The Morgan fingerprint density at radius 1 is 1.23 bits per heavy atom. The number of likely N-dealkylation sites (tertiary alicyclic amines) is 1. The zero-order chi connectivity index (χ0) is 19.1. The van der Waals surface area contributed by atoms with E-state index < -0.39 is 43.0 Å². The first kappa shape index (κ1) is 18.2. The maximum atomic E-state index is 13.1. The molecule has 1 aromatic rings. The van der Waals surface area contributed by atoms with Gasteiger partial charge in [-0.05, 0) is 12.1 Å². The molecule has 2 atom stereocenters. The molecular weight excluding hydrogens is 359 g/mol. The number of rotatable bonds is 3. The Hall–Kier alpha value is -2.65. The van der Waals surface area contributed by atoms with Gasteiger partial charge in [0.15, 0.2) is 11.5 Å². The third kappa shape index (κ3) is 3.23. The van der Waals surface area contributed by atoms with Crippen molar-refractivity contribution in [2.24, 2.45) is 11.8 Å².